The molecule has 2 aromatic carbocycles. The molecule has 2 aromatic rings. The molecule has 0 aromatic heterocycles. The minimum absolute atomic E-state index is 0.123. The van der Waals surface area contributed by atoms with Gasteiger partial charge in [-0.1, -0.05) is 24.3 Å². The SMILES string of the molecule is Cc1ccc2c(c1)OC(C)(C)C[C@H]2NC(=O)[C@H]1COc2ccccc2O1. The summed E-state index contributed by atoms with van der Waals surface area (Å²) in [4.78, 5) is 12.8. The Hall–Kier alpha value is -2.69. The van der Waals surface area contributed by atoms with E-state index in [1.165, 1.54) is 0 Å². The normalized spacial score (nSPS) is 22.7. The number of carbonyl (C=O) groups is 1. The molecule has 1 N–H and O–H groups in total. The third-order valence-corrected chi connectivity index (χ3v) is 4.74. The van der Waals surface area contributed by atoms with Crippen molar-refractivity contribution in [3.05, 3.63) is 53.6 Å². The molecule has 2 atom stereocenters. The quantitative estimate of drug-likeness (QED) is 0.897. The molecular weight excluding hydrogens is 330 g/mol. The monoisotopic (exact) mass is 353 g/mol. The first kappa shape index (κ1) is 16.8. The van der Waals surface area contributed by atoms with Crippen LogP contribution in [0.15, 0.2) is 42.5 Å². The van der Waals surface area contributed by atoms with E-state index in [0.29, 0.717) is 17.9 Å². The van der Waals surface area contributed by atoms with E-state index in [9.17, 15) is 4.79 Å². The lowest BCUT2D eigenvalue weighted by molar-refractivity contribution is -0.131. The van der Waals surface area contributed by atoms with Crippen molar-refractivity contribution in [3.8, 4) is 17.2 Å². The molecule has 4 rings (SSSR count). The maximum atomic E-state index is 12.8. The van der Waals surface area contributed by atoms with Gasteiger partial charge in [-0.2, -0.15) is 0 Å². The van der Waals surface area contributed by atoms with Crippen LogP contribution in [0.4, 0.5) is 0 Å². The van der Waals surface area contributed by atoms with Crippen LogP contribution < -0.4 is 19.5 Å². The Morgan fingerprint density at radius 1 is 1.12 bits per heavy atom. The number of benzene rings is 2. The lowest BCUT2D eigenvalue weighted by atomic mass is 9.89. The second kappa shape index (κ2) is 6.24. The van der Waals surface area contributed by atoms with Crippen molar-refractivity contribution in [2.24, 2.45) is 0 Å². The zero-order valence-electron chi connectivity index (χ0n) is 15.2. The summed E-state index contributed by atoms with van der Waals surface area (Å²) in [5, 5.41) is 3.13. The highest BCUT2D eigenvalue weighted by Gasteiger charge is 2.36. The molecule has 26 heavy (non-hydrogen) atoms. The Bertz CT molecular complexity index is 846. The number of para-hydroxylation sites is 2. The molecule has 2 aliphatic heterocycles. The Morgan fingerprint density at radius 2 is 1.88 bits per heavy atom. The summed E-state index contributed by atoms with van der Waals surface area (Å²) in [7, 11) is 0. The first-order chi connectivity index (χ1) is 12.4. The molecule has 136 valence electrons. The second-order valence-corrected chi connectivity index (χ2v) is 7.53. The average Bonchev–Trinajstić information content (AvgIpc) is 2.59. The highest BCUT2D eigenvalue weighted by Crippen LogP contribution is 2.40. The standard InChI is InChI=1S/C21H23NO4/c1-13-8-9-14-15(11-21(2,3)26-18(14)10-13)22-20(23)19-12-24-16-6-4-5-7-17(16)25-19/h4-10,15,19H,11-12H2,1-3H3,(H,22,23)/t15-,19-/m1/s1. The van der Waals surface area contributed by atoms with Crippen LogP contribution in [0.25, 0.3) is 0 Å². The number of hydrogen-bond acceptors (Lipinski definition) is 4. The summed E-state index contributed by atoms with van der Waals surface area (Å²) in [6.45, 7) is 6.31. The van der Waals surface area contributed by atoms with E-state index < -0.39 is 6.10 Å². The first-order valence-electron chi connectivity index (χ1n) is 8.90. The third kappa shape index (κ3) is 3.21. The van der Waals surface area contributed by atoms with Crippen LogP contribution in [-0.2, 0) is 4.79 Å². The van der Waals surface area contributed by atoms with E-state index in [4.69, 9.17) is 14.2 Å². The molecule has 0 bridgehead atoms. The van der Waals surface area contributed by atoms with Crippen LogP contribution in [0.2, 0.25) is 0 Å². The molecular formula is C21H23NO4. The van der Waals surface area contributed by atoms with Crippen LogP contribution in [0.5, 0.6) is 17.2 Å². The van der Waals surface area contributed by atoms with E-state index in [2.05, 4.69) is 5.32 Å². The van der Waals surface area contributed by atoms with Gasteiger partial charge in [-0.3, -0.25) is 4.79 Å². The van der Waals surface area contributed by atoms with Gasteiger partial charge in [0.1, 0.15) is 18.0 Å². The van der Waals surface area contributed by atoms with Crippen molar-refractivity contribution in [1.82, 2.24) is 5.32 Å². The Morgan fingerprint density at radius 3 is 2.69 bits per heavy atom. The minimum atomic E-state index is -0.662. The fourth-order valence-electron chi connectivity index (χ4n) is 3.50. The lowest BCUT2D eigenvalue weighted by Gasteiger charge is -2.38. The minimum Gasteiger partial charge on any atom is -0.487 e. The molecule has 0 aliphatic carbocycles. The van der Waals surface area contributed by atoms with Gasteiger partial charge in [0.05, 0.1) is 6.04 Å². The smallest absolute Gasteiger partial charge is 0.265 e. The van der Waals surface area contributed by atoms with Crippen molar-refractivity contribution < 1.29 is 19.0 Å². The molecule has 2 heterocycles. The summed E-state index contributed by atoms with van der Waals surface area (Å²) in [5.41, 5.74) is 1.78. The number of rotatable bonds is 2. The molecule has 0 spiro atoms. The molecule has 1 amide bonds. The summed E-state index contributed by atoms with van der Waals surface area (Å²) in [5.74, 6) is 1.93. The van der Waals surface area contributed by atoms with Crippen molar-refractivity contribution >= 4 is 5.91 Å². The van der Waals surface area contributed by atoms with Crippen LogP contribution >= 0.6 is 0 Å². The predicted molar refractivity (Wildman–Crippen MR) is 97.7 cm³/mol. The number of carbonyl (C=O) groups excluding carboxylic acids is 1. The first-order valence-corrected chi connectivity index (χ1v) is 8.90. The maximum absolute atomic E-state index is 12.8. The number of nitrogens with one attached hydrogen (secondary N) is 1. The largest absolute Gasteiger partial charge is 0.487 e. The number of fused-ring (bicyclic) bond motifs is 2. The van der Waals surface area contributed by atoms with Crippen molar-refractivity contribution in [2.75, 3.05) is 6.61 Å². The van der Waals surface area contributed by atoms with Gasteiger partial charge in [-0.15, -0.1) is 0 Å². The zero-order valence-corrected chi connectivity index (χ0v) is 15.2. The lowest BCUT2D eigenvalue weighted by Crippen LogP contribution is -2.48. The van der Waals surface area contributed by atoms with E-state index in [-0.39, 0.29) is 24.2 Å². The topological polar surface area (TPSA) is 56.8 Å². The Kier molecular flexibility index (Phi) is 4.02. The highest BCUT2D eigenvalue weighted by atomic mass is 16.6. The summed E-state index contributed by atoms with van der Waals surface area (Å²) < 4.78 is 17.6. The summed E-state index contributed by atoms with van der Waals surface area (Å²) in [6.07, 6.45) is 0.0312. The molecule has 5 heteroatoms. The van der Waals surface area contributed by atoms with Crippen molar-refractivity contribution in [1.29, 1.82) is 0 Å². The van der Waals surface area contributed by atoms with E-state index in [1.807, 2.05) is 63.2 Å². The van der Waals surface area contributed by atoms with Crippen LogP contribution in [-0.4, -0.2) is 24.2 Å². The molecule has 0 saturated carbocycles. The Labute approximate surface area is 153 Å². The maximum Gasteiger partial charge on any atom is 0.265 e. The molecule has 0 radical (unpaired) electrons. The molecule has 0 fully saturated rings. The molecule has 0 saturated heterocycles. The number of hydrogen-bond donors (Lipinski definition) is 1. The zero-order chi connectivity index (χ0) is 18.3. The van der Waals surface area contributed by atoms with E-state index >= 15 is 0 Å². The van der Waals surface area contributed by atoms with Gasteiger partial charge in [0, 0.05) is 12.0 Å². The van der Waals surface area contributed by atoms with Gasteiger partial charge in [0.2, 0.25) is 6.10 Å². The summed E-state index contributed by atoms with van der Waals surface area (Å²) >= 11 is 0. The Balaban J connectivity index is 1.53. The van der Waals surface area contributed by atoms with Gasteiger partial charge < -0.3 is 19.5 Å². The van der Waals surface area contributed by atoms with Gasteiger partial charge in [-0.25, -0.2) is 0 Å². The second-order valence-electron chi connectivity index (χ2n) is 7.53. The van der Waals surface area contributed by atoms with E-state index in [1.54, 1.807) is 0 Å². The van der Waals surface area contributed by atoms with Crippen LogP contribution in [0.3, 0.4) is 0 Å². The molecule has 2 aliphatic rings. The van der Waals surface area contributed by atoms with Gasteiger partial charge in [-0.05, 0) is 44.5 Å². The summed E-state index contributed by atoms with van der Waals surface area (Å²) in [6, 6.07) is 13.4. The predicted octanol–water partition coefficient (Wildman–Crippen LogP) is 3.55. The fourth-order valence-corrected chi connectivity index (χ4v) is 3.50. The van der Waals surface area contributed by atoms with Gasteiger partial charge in [0.15, 0.2) is 11.5 Å². The van der Waals surface area contributed by atoms with Gasteiger partial charge in [0.25, 0.3) is 5.91 Å². The molecule has 0 unspecified atom stereocenters. The van der Waals surface area contributed by atoms with Crippen LogP contribution in [0, 0.1) is 6.92 Å². The third-order valence-electron chi connectivity index (χ3n) is 4.74. The number of aryl methyl sites for hydroxylation is 1. The average molecular weight is 353 g/mol. The van der Waals surface area contributed by atoms with Crippen molar-refractivity contribution in [2.45, 2.75) is 44.9 Å². The van der Waals surface area contributed by atoms with E-state index in [0.717, 1.165) is 16.9 Å². The van der Waals surface area contributed by atoms with Gasteiger partial charge >= 0.3 is 0 Å². The fraction of sp³-hybridized carbons (Fsp3) is 0.381. The number of ether oxygens (including phenoxy) is 3. The van der Waals surface area contributed by atoms with Crippen molar-refractivity contribution in [3.63, 3.8) is 0 Å². The number of amides is 1. The highest BCUT2D eigenvalue weighted by molar-refractivity contribution is 5.82. The van der Waals surface area contributed by atoms with Crippen LogP contribution in [0.1, 0.15) is 37.4 Å². The molecule has 5 nitrogen and oxygen atoms in total.